The Labute approximate surface area is 189 Å². The summed E-state index contributed by atoms with van der Waals surface area (Å²) in [6, 6.07) is 6.03. The van der Waals surface area contributed by atoms with Crippen molar-refractivity contribution < 1.29 is 18.8 Å². The summed E-state index contributed by atoms with van der Waals surface area (Å²) in [5.41, 5.74) is 1.39. The van der Waals surface area contributed by atoms with E-state index in [0.29, 0.717) is 48.4 Å². The van der Waals surface area contributed by atoms with Crippen LogP contribution in [0.5, 0.6) is 0 Å². The summed E-state index contributed by atoms with van der Waals surface area (Å²) in [6.45, 7) is 4.02. The molecule has 32 heavy (non-hydrogen) atoms. The number of Topliss-reactive ketones (excluding diaryl/α,β-unsaturated/α-hetero) is 1. The fraction of sp³-hybridized carbons (Fsp3) is 0.391. The first kappa shape index (κ1) is 22.0. The largest absolute Gasteiger partial charge is 0.344 e. The van der Waals surface area contributed by atoms with Gasteiger partial charge in [0, 0.05) is 23.5 Å². The maximum absolute atomic E-state index is 13.4. The van der Waals surface area contributed by atoms with Gasteiger partial charge in [-0.05, 0) is 63.3 Å². The number of hydrogen-bond donors (Lipinski definition) is 2. The zero-order valence-corrected chi connectivity index (χ0v) is 18.5. The molecule has 1 aromatic carbocycles. The lowest BCUT2D eigenvalue weighted by atomic mass is 9.70. The molecule has 1 aliphatic carbocycles. The molecule has 1 fully saturated rings. The van der Waals surface area contributed by atoms with Gasteiger partial charge in [-0.2, -0.15) is 5.26 Å². The number of amides is 2. The second kappa shape index (κ2) is 8.06. The summed E-state index contributed by atoms with van der Waals surface area (Å²) in [6.07, 6.45) is 2.34. The predicted octanol–water partition coefficient (Wildman–Crippen LogP) is 3.78. The number of nitriles is 1. The van der Waals surface area contributed by atoms with Crippen LogP contribution >= 0.6 is 11.6 Å². The third-order valence-corrected chi connectivity index (χ3v) is 6.52. The number of carbonyl (C=O) groups excluding carboxylic acids is 3. The van der Waals surface area contributed by atoms with Gasteiger partial charge in [-0.1, -0.05) is 11.6 Å². The van der Waals surface area contributed by atoms with Crippen molar-refractivity contribution in [3.05, 3.63) is 51.6 Å². The van der Waals surface area contributed by atoms with Crippen LogP contribution in [0.4, 0.5) is 10.1 Å². The first-order valence-electron chi connectivity index (χ1n) is 10.4. The molecule has 9 heteroatoms. The van der Waals surface area contributed by atoms with E-state index in [9.17, 15) is 18.8 Å². The predicted molar refractivity (Wildman–Crippen MR) is 116 cm³/mol. The smallest absolute Gasteiger partial charge is 0.292 e. The SMILES string of the molecule is Cc1c(C(=O)C(=O)NC2(C)CC(C#N)C2)c2n(c1C(=O)Nc1ccc(F)c(Cl)c1)CCC2. The third kappa shape index (κ3) is 3.78. The minimum atomic E-state index is -0.732. The van der Waals surface area contributed by atoms with E-state index in [-0.39, 0.29) is 16.5 Å². The van der Waals surface area contributed by atoms with Crippen molar-refractivity contribution in [1.82, 2.24) is 9.88 Å². The number of nitrogens with zero attached hydrogens (tertiary/aromatic N) is 2. The number of rotatable bonds is 5. The number of benzene rings is 1. The van der Waals surface area contributed by atoms with Crippen molar-refractivity contribution in [2.24, 2.45) is 5.92 Å². The average molecular weight is 457 g/mol. The molecule has 0 bridgehead atoms. The summed E-state index contributed by atoms with van der Waals surface area (Å²) < 4.78 is 15.2. The zero-order chi connectivity index (χ0) is 23.2. The molecule has 0 saturated heterocycles. The first-order chi connectivity index (χ1) is 15.1. The molecule has 2 N–H and O–H groups in total. The van der Waals surface area contributed by atoms with Gasteiger partial charge in [-0.15, -0.1) is 0 Å². The van der Waals surface area contributed by atoms with Gasteiger partial charge < -0.3 is 15.2 Å². The number of nitrogens with one attached hydrogen (secondary N) is 2. The van der Waals surface area contributed by atoms with Crippen LogP contribution in [0.2, 0.25) is 5.02 Å². The number of halogens is 2. The Morgan fingerprint density at radius 1 is 1.31 bits per heavy atom. The van der Waals surface area contributed by atoms with E-state index in [1.165, 1.54) is 12.1 Å². The molecule has 0 unspecified atom stereocenters. The van der Waals surface area contributed by atoms with E-state index in [1.807, 2.05) is 6.92 Å². The van der Waals surface area contributed by atoms with Crippen LogP contribution in [-0.2, 0) is 17.8 Å². The molecule has 2 aromatic rings. The number of anilines is 1. The monoisotopic (exact) mass is 456 g/mol. The summed E-state index contributed by atoms with van der Waals surface area (Å²) in [4.78, 5) is 38.9. The Hall–Kier alpha value is -3.18. The van der Waals surface area contributed by atoms with Crippen LogP contribution in [0.3, 0.4) is 0 Å². The van der Waals surface area contributed by atoms with Gasteiger partial charge in [0.15, 0.2) is 0 Å². The highest BCUT2D eigenvalue weighted by Gasteiger charge is 2.43. The van der Waals surface area contributed by atoms with Gasteiger partial charge in [0.2, 0.25) is 0 Å². The summed E-state index contributed by atoms with van der Waals surface area (Å²) in [5.74, 6) is -2.59. The molecular formula is C23H22ClFN4O3. The lowest BCUT2D eigenvalue weighted by Gasteiger charge is -2.42. The maximum Gasteiger partial charge on any atom is 0.292 e. The molecule has 7 nitrogen and oxygen atoms in total. The van der Waals surface area contributed by atoms with Crippen LogP contribution in [0.1, 0.15) is 58.3 Å². The van der Waals surface area contributed by atoms with Crippen LogP contribution in [0, 0.1) is 30.0 Å². The quantitative estimate of drug-likeness (QED) is 0.527. The molecule has 0 spiro atoms. The van der Waals surface area contributed by atoms with Gasteiger partial charge in [-0.25, -0.2) is 4.39 Å². The number of aromatic nitrogens is 1. The van der Waals surface area contributed by atoms with Crippen LogP contribution in [-0.4, -0.2) is 27.7 Å². The van der Waals surface area contributed by atoms with Gasteiger partial charge in [0.25, 0.3) is 17.6 Å². The third-order valence-electron chi connectivity index (χ3n) is 6.23. The molecule has 1 aromatic heterocycles. The molecule has 2 aliphatic rings. The average Bonchev–Trinajstić information content (AvgIpc) is 3.27. The molecule has 2 heterocycles. The topological polar surface area (TPSA) is 104 Å². The van der Waals surface area contributed by atoms with Crippen LogP contribution in [0.15, 0.2) is 18.2 Å². The second-order valence-electron chi connectivity index (χ2n) is 8.71. The fourth-order valence-corrected chi connectivity index (χ4v) is 4.92. The van der Waals surface area contributed by atoms with Crippen LogP contribution < -0.4 is 10.6 Å². The zero-order valence-electron chi connectivity index (χ0n) is 17.7. The van der Waals surface area contributed by atoms with Gasteiger partial charge in [-0.3, -0.25) is 14.4 Å². The molecule has 1 saturated carbocycles. The number of ketones is 1. The van der Waals surface area contributed by atoms with Crippen molar-refractivity contribution in [2.45, 2.75) is 51.6 Å². The lowest BCUT2D eigenvalue weighted by Crippen LogP contribution is -2.56. The van der Waals surface area contributed by atoms with E-state index >= 15 is 0 Å². The summed E-state index contributed by atoms with van der Waals surface area (Å²) in [5, 5.41) is 14.3. The van der Waals surface area contributed by atoms with E-state index < -0.39 is 29.0 Å². The Kier molecular flexibility index (Phi) is 5.55. The Morgan fingerprint density at radius 2 is 2.03 bits per heavy atom. The van der Waals surface area contributed by atoms with Crippen molar-refractivity contribution in [1.29, 1.82) is 5.26 Å². The highest BCUT2D eigenvalue weighted by Crippen LogP contribution is 2.37. The Morgan fingerprint density at radius 3 is 2.69 bits per heavy atom. The highest BCUT2D eigenvalue weighted by molar-refractivity contribution is 6.44. The van der Waals surface area contributed by atoms with Crippen molar-refractivity contribution in [3.63, 3.8) is 0 Å². The molecule has 2 amide bonds. The van der Waals surface area contributed by atoms with Gasteiger partial charge >= 0.3 is 0 Å². The van der Waals surface area contributed by atoms with E-state index in [4.69, 9.17) is 16.9 Å². The maximum atomic E-state index is 13.4. The summed E-state index contributed by atoms with van der Waals surface area (Å²) >= 11 is 5.80. The van der Waals surface area contributed by atoms with E-state index in [0.717, 1.165) is 12.5 Å². The standard InChI is InChI=1S/C23H22ClFN4O3/c1-12-18(20(30)22(32)28-23(2)9-13(10-23)11-26)17-4-3-7-29(17)19(12)21(31)27-14-5-6-16(25)15(24)8-14/h5-6,8,13H,3-4,7,9-10H2,1-2H3,(H,27,31)(H,28,32). The number of hydrogen-bond acceptors (Lipinski definition) is 4. The number of fused-ring (bicyclic) bond motifs is 1. The Balaban J connectivity index is 1.59. The molecule has 4 rings (SSSR count). The lowest BCUT2D eigenvalue weighted by molar-refractivity contribution is -0.120. The minimum Gasteiger partial charge on any atom is -0.344 e. The van der Waals surface area contributed by atoms with Crippen molar-refractivity contribution in [2.75, 3.05) is 5.32 Å². The van der Waals surface area contributed by atoms with Crippen molar-refractivity contribution in [3.8, 4) is 6.07 Å². The van der Waals surface area contributed by atoms with Gasteiger partial charge in [0.05, 0.1) is 22.6 Å². The van der Waals surface area contributed by atoms with Gasteiger partial charge in [0.1, 0.15) is 11.5 Å². The molecule has 0 radical (unpaired) electrons. The highest BCUT2D eigenvalue weighted by atomic mass is 35.5. The van der Waals surface area contributed by atoms with Crippen LogP contribution in [0.25, 0.3) is 0 Å². The number of carbonyl (C=O) groups is 3. The molecule has 1 aliphatic heterocycles. The summed E-state index contributed by atoms with van der Waals surface area (Å²) in [7, 11) is 0. The van der Waals surface area contributed by atoms with E-state index in [2.05, 4.69) is 16.7 Å². The normalized spacial score (nSPS) is 21.3. The molecule has 166 valence electrons. The Bertz CT molecular complexity index is 1190. The second-order valence-corrected chi connectivity index (χ2v) is 9.12. The van der Waals surface area contributed by atoms with Crippen molar-refractivity contribution >= 4 is 34.9 Å². The van der Waals surface area contributed by atoms with E-state index in [1.54, 1.807) is 11.5 Å². The molecule has 0 atom stereocenters. The first-order valence-corrected chi connectivity index (χ1v) is 10.8. The minimum absolute atomic E-state index is 0.115. The molecular weight excluding hydrogens is 435 g/mol. The fourth-order valence-electron chi connectivity index (χ4n) is 4.74.